The molecule has 9 heteroatoms. The first kappa shape index (κ1) is 15.7. The fourth-order valence-electron chi connectivity index (χ4n) is 3.00. The van der Waals surface area contributed by atoms with Crippen LogP contribution in [-0.2, 0) is 11.8 Å². The van der Waals surface area contributed by atoms with E-state index in [-0.39, 0.29) is 12.0 Å². The van der Waals surface area contributed by atoms with Crippen LogP contribution in [0.2, 0.25) is 0 Å². The number of hydrogen-bond donors (Lipinski definition) is 1. The molecule has 0 saturated carbocycles. The van der Waals surface area contributed by atoms with E-state index in [1.165, 1.54) is 0 Å². The minimum Gasteiger partial charge on any atom is -0.371 e. The van der Waals surface area contributed by atoms with E-state index < -0.39 is 0 Å². The Morgan fingerprint density at radius 1 is 1.32 bits per heavy atom. The highest BCUT2D eigenvalue weighted by molar-refractivity contribution is 5.48. The normalized spacial score (nSPS) is 20.1. The number of aryl methyl sites for hydroxylation is 1. The van der Waals surface area contributed by atoms with Crippen LogP contribution in [0.25, 0.3) is 11.5 Å². The average Bonchev–Trinajstić information content (AvgIpc) is 3.35. The zero-order chi connectivity index (χ0) is 17.2. The van der Waals surface area contributed by atoms with Crippen LogP contribution in [0, 0.1) is 0 Å². The molecule has 0 amide bonds. The van der Waals surface area contributed by atoms with Gasteiger partial charge in [-0.1, -0.05) is 5.16 Å². The van der Waals surface area contributed by atoms with Crippen molar-refractivity contribution in [1.29, 1.82) is 0 Å². The van der Waals surface area contributed by atoms with Crippen LogP contribution in [0.15, 0.2) is 29.2 Å². The van der Waals surface area contributed by atoms with E-state index in [1.54, 1.807) is 18.6 Å². The van der Waals surface area contributed by atoms with Gasteiger partial charge in [-0.25, -0.2) is 9.97 Å². The molecule has 1 saturated heterocycles. The van der Waals surface area contributed by atoms with Gasteiger partial charge in [-0.15, -0.1) is 0 Å². The number of aromatic nitrogens is 6. The predicted molar refractivity (Wildman–Crippen MR) is 88.7 cm³/mol. The van der Waals surface area contributed by atoms with Crippen molar-refractivity contribution in [2.45, 2.75) is 25.4 Å². The van der Waals surface area contributed by atoms with Crippen molar-refractivity contribution in [2.24, 2.45) is 7.05 Å². The van der Waals surface area contributed by atoms with Crippen molar-refractivity contribution in [3.05, 3.63) is 36.2 Å². The summed E-state index contributed by atoms with van der Waals surface area (Å²) >= 11 is 0. The Hall–Kier alpha value is -2.81. The molecule has 1 N–H and O–H groups in total. The van der Waals surface area contributed by atoms with Crippen molar-refractivity contribution in [3.8, 4) is 11.5 Å². The standard InChI is InChI=1S/C16H19N7O2/c1-3-17-13-9-18-11(8-19-13)15-21-16(25-22-15)10-5-7-24-14(10)12-4-6-20-23(12)2/h4,6,8-10,14H,3,5,7H2,1-2H3,(H,17,19)/t10-,14-/m1/s1. The zero-order valence-corrected chi connectivity index (χ0v) is 14.1. The lowest BCUT2D eigenvalue weighted by atomic mass is 9.99. The molecule has 3 aromatic heterocycles. The highest BCUT2D eigenvalue weighted by Gasteiger charge is 2.36. The molecule has 9 nitrogen and oxygen atoms in total. The lowest BCUT2D eigenvalue weighted by Crippen LogP contribution is -2.11. The molecule has 0 aromatic carbocycles. The Kier molecular flexibility index (Phi) is 4.14. The first-order valence-corrected chi connectivity index (χ1v) is 8.25. The fourth-order valence-corrected chi connectivity index (χ4v) is 3.00. The molecule has 0 unspecified atom stereocenters. The minimum atomic E-state index is -0.136. The Morgan fingerprint density at radius 2 is 2.24 bits per heavy atom. The summed E-state index contributed by atoms with van der Waals surface area (Å²) < 4.78 is 13.2. The Morgan fingerprint density at radius 3 is 2.96 bits per heavy atom. The lowest BCUT2D eigenvalue weighted by molar-refractivity contribution is 0.0921. The summed E-state index contributed by atoms with van der Waals surface area (Å²) in [6.07, 6.45) is 5.74. The van der Waals surface area contributed by atoms with Crippen LogP contribution in [0.4, 0.5) is 5.82 Å². The van der Waals surface area contributed by atoms with Gasteiger partial charge in [-0.3, -0.25) is 4.68 Å². The second-order valence-corrected chi connectivity index (χ2v) is 5.84. The summed E-state index contributed by atoms with van der Waals surface area (Å²) in [5.74, 6) is 1.71. The quantitative estimate of drug-likeness (QED) is 0.751. The van der Waals surface area contributed by atoms with Crippen LogP contribution in [-0.4, -0.2) is 43.0 Å². The van der Waals surface area contributed by atoms with E-state index >= 15 is 0 Å². The van der Waals surface area contributed by atoms with Gasteiger partial charge in [-0.05, 0) is 19.4 Å². The van der Waals surface area contributed by atoms with Gasteiger partial charge in [-0.2, -0.15) is 10.1 Å². The lowest BCUT2D eigenvalue weighted by Gasteiger charge is -2.15. The number of nitrogens with zero attached hydrogens (tertiary/aromatic N) is 6. The van der Waals surface area contributed by atoms with E-state index in [0.717, 1.165) is 24.5 Å². The maximum atomic E-state index is 5.88. The molecule has 0 spiro atoms. The third-order valence-corrected chi connectivity index (χ3v) is 4.24. The van der Waals surface area contributed by atoms with E-state index in [4.69, 9.17) is 9.26 Å². The number of anilines is 1. The highest BCUT2D eigenvalue weighted by atomic mass is 16.5. The zero-order valence-electron chi connectivity index (χ0n) is 14.1. The number of rotatable bonds is 5. The molecule has 0 bridgehead atoms. The second kappa shape index (κ2) is 6.60. The van der Waals surface area contributed by atoms with Gasteiger partial charge in [0.15, 0.2) is 0 Å². The van der Waals surface area contributed by atoms with Crippen LogP contribution >= 0.6 is 0 Å². The molecule has 1 aliphatic rings. The summed E-state index contributed by atoms with van der Waals surface area (Å²) in [4.78, 5) is 13.1. The molecular weight excluding hydrogens is 322 g/mol. The number of ether oxygens (including phenoxy) is 1. The molecule has 1 aliphatic heterocycles. The maximum absolute atomic E-state index is 5.88. The van der Waals surface area contributed by atoms with Crippen LogP contribution in [0.1, 0.15) is 37.0 Å². The largest absolute Gasteiger partial charge is 0.371 e. The monoisotopic (exact) mass is 341 g/mol. The fraction of sp³-hybridized carbons (Fsp3) is 0.438. The second-order valence-electron chi connectivity index (χ2n) is 5.84. The molecule has 1 fully saturated rings. The van der Waals surface area contributed by atoms with Crippen LogP contribution in [0.3, 0.4) is 0 Å². The summed E-state index contributed by atoms with van der Waals surface area (Å²) in [7, 11) is 1.90. The van der Waals surface area contributed by atoms with Gasteiger partial charge in [0, 0.05) is 26.4 Å². The summed E-state index contributed by atoms with van der Waals surface area (Å²) in [6, 6.07) is 1.95. The van der Waals surface area contributed by atoms with Crippen LogP contribution in [0.5, 0.6) is 0 Å². The number of nitrogens with one attached hydrogen (secondary N) is 1. The Labute approximate surface area is 144 Å². The summed E-state index contributed by atoms with van der Waals surface area (Å²) in [6.45, 7) is 3.44. The SMILES string of the molecule is CCNc1cnc(-c2noc([C@@H]3CCO[C@H]3c3ccnn3C)n2)cn1. The molecule has 130 valence electrons. The first-order valence-electron chi connectivity index (χ1n) is 8.25. The third-order valence-electron chi connectivity index (χ3n) is 4.24. The van der Waals surface area contributed by atoms with Gasteiger partial charge in [0.2, 0.25) is 11.7 Å². The Bertz CT molecular complexity index is 842. The molecule has 25 heavy (non-hydrogen) atoms. The molecular formula is C16H19N7O2. The third kappa shape index (κ3) is 2.98. The maximum Gasteiger partial charge on any atom is 0.233 e. The Balaban J connectivity index is 1.57. The number of hydrogen-bond acceptors (Lipinski definition) is 8. The summed E-state index contributed by atoms with van der Waals surface area (Å²) in [5, 5.41) is 11.4. The molecule has 3 aromatic rings. The van der Waals surface area contributed by atoms with Crippen molar-refractivity contribution < 1.29 is 9.26 Å². The highest BCUT2D eigenvalue weighted by Crippen LogP contribution is 2.41. The topological polar surface area (TPSA) is 104 Å². The van der Waals surface area contributed by atoms with E-state index in [1.807, 2.05) is 24.7 Å². The average molecular weight is 341 g/mol. The predicted octanol–water partition coefficient (Wildman–Crippen LogP) is 1.94. The molecule has 0 aliphatic carbocycles. The van der Waals surface area contributed by atoms with Gasteiger partial charge in [0.25, 0.3) is 0 Å². The summed E-state index contributed by atoms with van der Waals surface area (Å²) in [5.41, 5.74) is 1.57. The van der Waals surface area contributed by atoms with E-state index in [2.05, 4.69) is 30.5 Å². The minimum absolute atomic E-state index is 0.00522. The molecule has 2 atom stereocenters. The van der Waals surface area contributed by atoms with Gasteiger partial charge in [0.1, 0.15) is 17.6 Å². The van der Waals surface area contributed by atoms with Crippen molar-refractivity contribution in [1.82, 2.24) is 29.9 Å². The van der Waals surface area contributed by atoms with E-state index in [0.29, 0.717) is 24.0 Å². The van der Waals surface area contributed by atoms with Crippen LogP contribution < -0.4 is 5.32 Å². The van der Waals surface area contributed by atoms with Crippen molar-refractivity contribution >= 4 is 5.82 Å². The van der Waals surface area contributed by atoms with Crippen molar-refractivity contribution in [2.75, 3.05) is 18.5 Å². The van der Waals surface area contributed by atoms with Crippen molar-refractivity contribution in [3.63, 3.8) is 0 Å². The smallest absolute Gasteiger partial charge is 0.233 e. The molecule has 4 rings (SSSR count). The van der Waals surface area contributed by atoms with E-state index in [9.17, 15) is 0 Å². The first-order chi connectivity index (χ1) is 12.3. The molecule has 0 radical (unpaired) electrons. The van der Waals surface area contributed by atoms with Gasteiger partial charge < -0.3 is 14.6 Å². The van der Waals surface area contributed by atoms with Gasteiger partial charge >= 0.3 is 0 Å². The van der Waals surface area contributed by atoms with Gasteiger partial charge in [0.05, 0.1) is 24.0 Å². The molecule has 4 heterocycles.